The minimum Gasteiger partial charge on any atom is -0.461 e. The predicted molar refractivity (Wildman–Crippen MR) is 224 cm³/mol. The van der Waals surface area contributed by atoms with Crippen molar-refractivity contribution >= 4 is 52.5 Å². The summed E-state index contributed by atoms with van der Waals surface area (Å²) in [5.41, 5.74) is 11.7. The quantitative estimate of drug-likeness (QED) is 0.120. The minimum absolute atomic E-state index is 0.0692. The zero-order valence-corrected chi connectivity index (χ0v) is 35.1. The van der Waals surface area contributed by atoms with E-state index in [1.807, 2.05) is 48.8 Å². The minimum atomic E-state index is -1.09. The lowest BCUT2D eigenvalue weighted by molar-refractivity contribution is -0.149. The maximum Gasteiger partial charge on any atom is 0.308 e. The summed E-state index contributed by atoms with van der Waals surface area (Å²) in [6.07, 6.45) is 1.26. The van der Waals surface area contributed by atoms with Crippen molar-refractivity contribution in [2.24, 2.45) is 11.3 Å². The van der Waals surface area contributed by atoms with Gasteiger partial charge in [0.2, 0.25) is 17.7 Å². The van der Waals surface area contributed by atoms with E-state index >= 15 is 0 Å². The number of nitrogens with one attached hydrogen (secondary N) is 2. The summed E-state index contributed by atoms with van der Waals surface area (Å²) in [4.78, 5) is 74.0. The number of esters is 2. The number of ether oxygens (including phenoxy) is 2. The summed E-state index contributed by atoms with van der Waals surface area (Å²) in [5, 5.41) is 14.5. The Balaban J connectivity index is 1.04. The number of thiazole rings is 1. The summed E-state index contributed by atoms with van der Waals surface area (Å²) in [5.74, 6) is -1.01. The number of carbonyl (C=O) groups excluding carboxylic acids is 5. The molecule has 2 aromatic carbocycles. The van der Waals surface area contributed by atoms with Gasteiger partial charge in [-0.2, -0.15) is 0 Å². The molecule has 3 amide bonds. The fourth-order valence-corrected chi connectivity index (χ4v) is 8.44. The number of hydrogen-bond acceptors (Lipinski definition) is 13. The molecule has 59 heavy (non-hydrogen) atoms. The first-order chi connectivity index (χ1) is 28.1. The Hall–Kier alpha value is -5.90. The summed E-state index contributed by atoms with van der Waals surface area (Å²) >= 11 is 1.57. The number of nitrogens with two attached hydrogens (primary N) is 1. The van der Waals surface area contributed by atoms with Crippen LogP contribution >= 0.6 is 11.3 Å². The molecule has 4 N–H and O–H groups in total. The maximum absolute atomic E-state index is 14.3. The van der Waals surface area contributed by atoms with Gasteiger partial charge in [-0.15, -0.1) is 21.5 Å². The van der Waals surface area contributed by atoms with Gasteiger partial charge in [0.1, 0.15) is 17.9 Å². The predicted octanol–water partition coefficient (Wildman–Crippen LogP) is 5.07. The molecular weight excluding hydrogens is 773 g/mol. The van der Waals surface area contributed by atoms with Crippen molar-refractivity contribution < 1.29 is 33.4 Å². The third-order valence-corrected chi connectivity index (χ3v) is 12.2. The fraction of sp³-hybridized carbons (Fsp3) is 0.442. The highest BCUT2D eigenvalue weighted by Gasteiger charge is 2.47. The molecule has 2 aliphatic rings. The van der Waals surface area contributed by atoms with Crippen molar-refractivity contribution in [2.75, 3.05) is 30.3 Å². The van der Waals surface area contributed by atoms with Gasteiger partial charge >= 0.3 is 11.9 Å². The van der Waals surface area contributed by atoms with E-state index in [2.05, 4.69) is 30.7 Å². The first-order valence-corrected chi connectivity index (χ1v) is 20.7. The number of rotatable bonds is 13. The molecule has 16 heteroatoms. The molecule has 0 bridgehead atoms. The first-order valence-electron chi connectivity index (χ1n) is 19.8. The van der Waals surface area contributed by atoms with Crippen molar-refractivity contribution in [2.45, 2.75) is 92.0 Å². The molecule has 0 radical (unpaired) electrons. The van der Waals surface area contributed by atoms with E-state index in [9.17, 15) is 24.0 Å². The van der Waals surface area contributed by atoms with Crippen LogP contribution in [0.1, 0.15) is 71.6 Å². The summed E-state index contributed by atoms with van der Waals surface area (Å²) in [6, 6.07) is 15.4. The summed E-state index contributed by atoms with van der Waals surface area (Å²) < 4.78 is 10.9. The number of anilines is 2. The number of hydrogen-bond donors (Lipinski definition) is 3. The largest absolute Gasteiger partial charge is 0.461 e. The summed E-state index contributed by atoms with van der Waals surface area (Å²) in [7, 11) is 0. The third-order valence-electron chi connectivity index (χ3n) is 11.2. The molecule has 2 aromatic heterocycles. The average molecular weight is 825 g/mol. The molecular formula is C43H52N8O7S. The molecule has 312 valence electrons. The lowest BCUT2D eigenvalue weighted by atomic mass is 9.83. The topological polar surface area (TPSA) is 199 Å². The number of likely N-dealkylation sites (tertiary alicyclic amines) is 1. The van der Waals surface area contributed by atoms with Crippen LogP contribution in [0.2, 0.25) is 0 Å². The van der Waals surface area contributed by atoms with Crippen molar-refractivity contribution in [3.63, 3.8) is 0 Å². The average Bonchev–Trinajstić information content (AvgIpc) is 3.83. The van der Waals surface area contributed by atoms with E-state index < -0.39 is 35.5 Å². The summed E-state index contributed by atoms with van der Waals surface area (Å²) in [6.45, 7) is 11.5. The molecule has 2 saturated heterocycles. The van der Waals surface area contributed by atoms with Gasteiger partial charge in [-0.25, -0.2) is 4.98 Å². The normalized spacial score (nSPS) is 17.6. The van der Waals surface area contributed by atoms with Gasteiger partial charge in [-0.1, -0.05) is 36.4 Å². The molecule has 6 rings (SSSR count). The second-order valence-corrected chi connectivity index (χ2v) is 16.7. The molecule has 3 atom stereocenters. The number of benzene rings is 2. The Kier molecular flexibility index (Phi) is 13.3. The van der Waals surface area contributed by atoms with Gasteiger partial charge in [-0.3, -0.25) is 24.0 Å². The van der Waals surface area contributed by atoms with Crippen LogP contribution in [0.15, 0.2) is 60.1 Å². The molecule has 2 aliphatic heterocycles. The van der Waals surface area contributed by atoms with Crippen molar-refractivity contribution in [3.8, 4) is 27.4 Å². The molecule has 0 spiro atoms. The van der Waals surface area contributed by atoms with Crippen LogP contribution in [0, 0.1) is 18.3 Å². The SMILES string of the molecule is CC(=O)Oc1ccccc1-c1cc(N2CCC(CC(=O)N[C@@H](C)C(C)(C)C(=O)N3C[C@H](OC(C)=O)C[C@H]3C(=O)NCc3ccc(-c4scnc4C)cc3)CC2)c(N)nn1. The van der Waals surface area contributed by atoms with Gasteiger partial charge in [0, 0.05) is 57.9 Å². The van der Waals surface area contributed by atoms with Gasteiger partial charge < -0.3 is 35.6 Å². The van der Waals surface area contributed by atoms with E-state index in [1.165, 1.54) is 18.7 Å². The van der Waals surface area contributed by atoms with Crippen LogP contribution in [-0.2, 0) is 35.3 Å². The zero-order valence-electron chi connectivity index (χ0n) is 34.3. The van der Waals surface area contributed by atoms with E-state index in [0.717, 1.165) is 34.5 Å². The highest BCUT2D eigenvalue weighted by atomic mass is 32.1. The monoisotopic (exact) mass is 824 g/mol. The second-order valence-electron chi connectivity index (χ2n) is 15.9. The Morgan fingerprint density at radius 3 is 2.37 bits per heavy atom. The van der Waals surface area contributed by atoms with E-state index in [1.54, 1.807) is 50.3 Å². The van der Waals surface area contributed by atoms with Crippen LogP contribution < -0.4 is 26.0 Å². The molecule has 2 fully saturated rings. The van der Waals surface area contributed by atoms with Gasteiger partial charge in [0.25, 0.3) is 0 Å². The molecule has 0 aliphatic carbocycles. The molecule has 4 heterocycles. The number of nitrogens with zero attached hydrogens (tertiary/aromatic N) is 5. The van der Waals surface area contributed by atoms with Crippen LogP contribution in [0.25, 0.3) is 21.7 Å². The van der Waals surface area contributed by atoms with E-state index in [0.29, 0.717) is 35.8 Å². The van der Waals surface area contributed by atoms with Gasteiger partial charge in [0.05, 0.1) is 39.4 Å². The number of nitrogen functional groups attached to an aromatic ring is 1. The molecule has 15 nitrogen and oxygen atoms in total. The Morgan fingerprint density at radius 1 is 1.00 bits per heavy atom. The number of piperidine rings is 1. The Bertz CT molecular complexity index is 2180. The first kappa shape index (κ1) is 42.7. The van der Waals surface area contributed by atoms with Crippen LogP contribution in [0.3, 0.4) is 0 Å². The maximum atomic E-state index is 14.3. The van der Waals surface area contributed by atoms with Crippen LogP contribution in [0.4, 0.5) is 11.5 Å². The number of carbonyl (C=O) groups is 5. The number of aromatic nitrogens is 3. The smallest absolute Gasteiger partial charge is 0.308 e. The fourth-order valence-electron chi connectivity index (χ4n) is 7.63. The number of aryl methyl sites for hydroxylation is 1. The lowest BCUT2D eigenvalue weighted by Crippen LogP contribution is -2.55. The van der Waals surface area contributed by atoms with Crippen molar-refractivity contribution in [1.82, 2.24) is 30.7 Å². The molecule has 4 aromatic rings. The standard InChI is InChI=1S/C43H52N8O7S/c1-25-39(59-24-46-25)31-13-11-30(12-14-31)22-45-41(55)36-20-32(57-27(3)52)23-51(36)42(56)43(5,6)26(2)47-38(54)19-29-15-17-50(18-16-29)35-21-34(48-49-40(35)44)33-9-7-8-10-37(33)58-28(4)53/h7-14,21,24,26,29,32,36H,15-20,22-23H2,1-6H3,(H2,44,49)(H,45,55)(H,47,54)/t26-,32+,36-/m0/s1. The highest BCUT2D eigenvalue weighted by Crippen LogP contribution is 2.35. The van der Waals surface area contributed by atoms with Crippen LogP contribution in [-0.4, -0.2) is 87.6 Å². The highest BCUT2D eigenvalue weighted by molar-refractivity contribution is 7.13. The van der Waals surface area contributed by atoms with E-state index in [4.69, 9.17) is 15.2 Å². The van der Waals surface area contributed by atoms with Crippen LogP contribution in [0.5, 0.6) is 5.75 Å². The number of para-hydroxylation sites is 1. The number of amides is 3. The van der Waals surface area contributed by atoms with Crippen molar-refractivity contribution in [1.29, 1.82) is 0 Å². The zero-order chi connectivity index (χ0) is 42.4. The third kappa shape index (κ3) is 10.2. The lowest BCUT2D eigenvalue weighted by Gasteiger charge is -2.37. The van der Waals surface area contributed by atoms with Gasteiger partial charge in [0.15, 0.2) is 5.82 Å². The molecule has 0 unspecified atom stereocenters. The van der Waals surface area contributed by atoms with Crippen molar-refractivity contribution in [3.05, 3.63) is 71.4 Å². The Morgan fingerprint density at radius 2 is 1.71 bits per heavy atom. The van der Waals surface area contributed by atoms with Gasteiger partial charge in [-0.05, 0) is 75.8 Å². The second kappa shape index (κ2) is 18.4. The van der Waals surface area contributed by atoms with E-state index in [-0.39, 0.29) is 55.4 Å². The Labute approximate surface area is 348 Å². The molecule has 0 saturated carbocycles.